The number of alkyl halides is 1. The highest BCUT2D eigenvalue weighted by molar-refractivity contribution is 7.86. The van der Waals surface area contributed by atoms with Crippen molar-refractivity contribution in [2.45, 2.75) is 17.9 Å². The molecule has 1 rings (SSSR count). The van der Waals surface area contributed by atoms with Crippen LogP contribution in [0.3, 0.4) is 0 Å². The van der Waals surface area contributed by atoms with Gasteiger partial charge in [0.05, 0.1) is 11.5 Å². The Morgan fingerprint density at radius 2 is 1.89 bits per heavy atom. The predicted octanol–water partition coefficient (Wildman–Crippen LogP) is 1.66. The molecule has 0 saturated heterocycles. The van der Waals surface area contributed by atoms with E-state index in [9.17, 15) is 12.8 Å². The maximum Gasteiger partial charge on any atom is 0.297 e. The van der Waals surface area contributed by atoms with Gasteiger partial charge >= 0.3 is 0 Å². The molecular weight excluding hydrogens is 275 g/mol. The van der Waals surface area contributed by atoms with Gasteiger partial charge in [-0.25, -0.2) is 4.39 Å². The maximum absolute atomic E-state index is 12.6. The molecule has 0 aliphatic carbocycles. The lowest BCUT2D eigenvalue weighted by molar-refractivity contribution is -0.0893. The number of hydrogen-bond acceptors (Lipinski definition) is 5. The summed E-state index contributed by atoms with van der Waals surface area (Å²) in [5, 5.41) is 0. The van der Waals surface area contributed by atoms with Crippen molar-refractivity contribution in [2.24, 2.45) is 0 Å². The molecule has 0 spiro atoms. The summed E-state index contributed by atoms with van der Waals surface area (Å²) in [5.41, 5.74) is 0.934. The summed E-state index contributed by atoms with van der Waals surface area (Å²) in [6, 6.07) is 6.19. The highest BCUT2D eigenvalue weighted by Crippen LogP contribution is 2.14. The Morgan fingerprint density at radius 1 is 1.26 bits per heavy atom. The van der Waals surface area contributed by atoms with Crippen molar-refractivity contribution in [3.8, 4) is 0 Å². The molecule has 0 aliphatic rings. The molecule has 7 heteroatoms. The molecule has 108 valence electrons. The van der Waals surface area contributed by atoms with Crippen molar-refractivity contribution in [3.63, 3.8) is 0 Å². The molecule has 0 bridgehead atoms. The Morgan fingerprint density at radius 3 is 2.42 bits per heavy atom. The second kappa shape index (κ2) is 7.54. The van der Waals surface area contributed by atoms with Gasteiger partial charge < -0.3 is 9.47 Å². The van der Waals surface area contributed by atoms with Crippen LogP contribution in [-0.4, -0.2) is 41.7 Å². The van der Waals surface area contributed by atoms with Gasteiger partial charge in [0.25, 0.3) is 10.1 Å². The van der Waals surface area contributed by atoms with E-state index in [1.807, 2.05) is 6.92 Å². The topological polar surface area (TPSA) is 61.8 Å². The second-order valence-electron chi connectivity index (χ2n) is 3.90. The summed E-state index contributed by atoms with van der Waals surface area (Å²) in [7, 11) is -2.51. The molecule has 0 heterocycles. The van der Waals surface area contributed by atoms with E-state index in [4.69, 9.17) is 8.92 Å². The van der Waals surface area contributed by atoms with Gasteiger partial charge in [0.1, 0.15) is 19.6 Å². The number of ether oxygens (including phenoxy) is 2. The molecule has 1 aromatic rings. The average molecular weight is 292 g/mol. The minimum Gasteiger partial charge on any atom is -0.359 e. The van der Waals surface area contributed by atoms with Gasteiger partial charge in [0.15, 0.2) is 0 Å². The average Bonchev–Trinajstić information content (AvgIpc) is 2.39. The van der Waals surface area contributed by atoms with Crippen molar-refractivity contribution in [3.05, 3.63) is 29.8 Å². The largest absolute Gasteiger partial charge is 0.359 e. The lowest BCUT2D eigenvalue weighted by atomic mass is 10.2. The maximum atomic E-state index is 12.6. The highest BCUT2D eigenvalue weighted by atomic mass is 32.2. The van der Waals surface area contributed by atoms with Crippen LogP contribution in [0.2, 0.25) is 0 Å². The van der Waals surface area contributed by atoms with Crippen LogP contribution >= 0.6 is 0 Å². The van der Waals surface area contributed by atoms with Crippen LogP contribution in [0.5, 0.6) is 0 Å². The molecule has 0 unspecified atom stereocenters. The van der Waals surface area contributed by atoms with Gasteiger partial charge in [0, 0.05) is 7.11 Å². The Balaban J connectivity index is 2.61. The van der Waals surface area contributed by atoms with Crippen molar-refractivity contribution >= 4 is 10.1 Å². The summed E-state index contributed by atoms with van der Waals surface area (Å²) in [4.78, 5) is 0.0300. The SMILES string of the molecule is COCO[C@H](CF)COS(=O)(=O)c1ccc(C)cc1. The first-order chi connectivity index (χ1) is 8.99. The fourth-order valence-corrected chi connectivity index (χ4v) is 2.18. The van der Waals surface area contributed by atoms with Gasteiger partial charge in [-0.15, -0.1) is 0 Å². The van der Waals surface area contributed by atoms with E-state index in [-0.39, 0.29) is 11.7 Å². The fraction of sp³-hybridized carbons (Fsp3) is 0.500. The van der Waals surface area contributed by atoms with Crippen LogP contribution in [0, 0.1) is 6.92 Å². The summed E-state index contributed by atoms with van der Waals surface area (Å²) in [6.07, 6.45) is -0.972. The monoisotopic (exact) mass is 292 g/mol. The summed E-state index contributed by atoms with van der Waals surface area (Å²) < 4.78 is 50.4. The molecule has 19 heavy (non-hydrogen) atoms. The lowest BCUT2D eigenvalue weighted by Gasteiger charge is -2.14. The minimum absolute atomic E-state index is 0.0300. The first-order valence-corrected chi connectivity index (χ1v) is 7.03. The predicted molar refractivity (Wildman–Crippen MR) is 67.0 cm³/mol. The van der Waals surface area contributed by atoms with Gasteiger partial charge in [-0.3, -0.25) is 4.18 Å². The molecule has 0 N–H and O–H groups in total. The molecule has 0 aromatic heterocycles. The quantitative estimate of drug-likeness (QED) is 0.538. The summed E-state index contributed by atoms with van der Waals surface area (Å²) in [6.45, 7) is 0.473. The Hall–Kier alpha value is -1.02. The number of halogens is 1. The number of methoxy groups -OCH3 is 1. The highest BCUT2D eigenvalue weighted by Gasteiger charge is 2.18. The number of aryl methyl sites for hydroxylation is 1. The van der Waals surface area contributed by atoms with E-state index in [1.165, 1.54) is 19.2 Å². The van der Waals surface area contributed by atoms with Crippen molar-refractivity contribution in [1.82, 2.24) is 0 Å². The Bertz CT molecular complexity index is 471. The van der Waals surface area contributed by atoms with Gasteiger partial charge in [0.2, 0.25) is 0 Å². The first kappa shape index (κ1) is 16.0. The summed E-state index contributed by atoms with van der Waals surface area (Å²) in [5.74, 6) is 0. The van der Waals surface area contributed by atoms with E-state index < -0.39 is 29.5 Å². The van der Waals surface area contributed by atoms with E-state index >= 15 is 0 Å². The van der Waals surface area contributed by atoms with Gasteiger partial charge in [-0.2, -0.15) is 8.42 Å². The normalized spacial score (nSPS) is 13.4. The van der Waals surface area contributed by atoms with Crippen molar-refractivity contribution in [1.29, 1.82) is 0 Å². The van der Waals surface area contributed by atoms with Crippen LogP contribution < -0.4 is 0 Å². The minimum atomic E-state index is -3.89. The zero-order chi connectivity index (χ0) is 14.3. The Kier molecular flexibility index (Phi) is 6.36. The van der Waals surface area contributed by atoms with E-state index in [0.717, 1.165) is 5.56 Å². The van der Waals surface area contributed by atoms with Crippen LogP contribution in [0.1, 0.15) is 5.56 Å². The molecule has 1 atom stereocenters. The van der Waals surface area contributed by atoms with Gasteiger partial charge in [-0.1, -0.05) is 17.7 Å². The molecule has 0 saturated carbocycles. The lowest BCUT2D eigenvalue weighted by Crippen LogP contribution is -2.25. The van der Waals surface area contributed by atoms with E-state index in [0.29, 0.717) is 0 Å². The fourth-order valence-electron chi connectivity index (χ4n) is 1.24. The molecule has 0 amide bonds. The summed E-state index contributed by atoms with van der Waals surface area (Å²) >= 11 is 0. The molecular formula is C12H17FO5S. The third kappa shape index (κ3) is 5.23. The van der Waals surface area contributed by atoms with Crippen LogP contribution in [0.15, 0.2) is 29.2 Å². The first-order valence-electron chi connectivity index (χ1n) is 5.62. The third-order valence-electron chi connectivity index (χ3n) is 2.31. The van der Waals surface area contributed by atoms with E-state index in [2.05, 4.69) is 4.74 Å². The number of hydrogen-bond donors (Lipinski definition) is 0. The second-order valence-corrected chi connectivity index (χ2v) is 5.52. The standard InChI is InChI=1S/C12H17FO5S/c1-10-3-5-12(6-4-10)19(14,15)18-8-11(7-13)17-9-16-2/h3-6,11H,7-9H2,1-2H3/t11-/m1/s1. The molecule has 0 radical (unpaired) electrons. The zero-order valence-electron chi connectivity index (χ0n) is 10.8. The molecule has 5 nitrogen and oxygen atoms in total. The number of benzene rings is 1. The smallest absolute Gasteiger partial charge is 0.297 e. The zero-order valence-corrected chi connectivity index (χ0v) is 11.7. The third-order valence-corrected chi connectivity index (χ3v) is 3.61. The van der Waals surface area contributed by atoms with Crippen LogP contribution in [0.4, 0.5) is 4.39 Å². The van der Waals surface area contributed by atoms with E-state index in [1.54, 1.807) is 12.1 Å². The molecule has 1 aromatic carbocycles. The van der Waals surface area contributed by atoms with Crippen molar-refractivity contribution in [2.75, 3.05) is 27.2 Å². The number of rotatable bonds is 8. The molecule has 0 fully saturated rings. The van der Waals surface area contributed by atoms with Crippen LogP contribution in [-0.2, 0) is 23.8 Å². The Labute approximate surface area is 112 Å². The van der Waals surface area contributed by atoms with Crippen molar-refractivity contribution < 1.29 is 26.5 Å². The molecule has 0 aliphatic heterocycles. The van der Waals surface area contributed by atoms with Crippen LogP contribution in [0.25, 0.3) is 0 Å². The van der Waals surface area contributed by atoms with Gasteiger partial charge in [-0.05, 0) is 19.1 Å².